The first-order valence-corrected chi connectivity index (χ1v) is 6.32. The van der Waals surface area contributed by atoms with Crippen molar-refractivity contribution in [1.29, 1.82) is 0 Å². The van der Waals surface area contributed by atoms with Crippen LogP contribution in [0, 0.1) is 11.8 Å². The quantitative estimate of drug-likeness (QED) is 0.722. The molecule has 0 heterocycles. The number of rotatable bonds is 6. The molecule has 1 aliphatic rings. The average molecular weight is 241 g/mol. The van der Waals surface area contributed by atoms with Crippen molar-refractivity contribution in [3.63, 3.8) is 0 Å². The topological polar surface area (TPSA) is 55.4 Å². The molecule has 1 fully saturated rings. The number of nitrogens with one attached hydrogen (secondary N) is 1. The van der Waals surface area contributed by atoms with Crippen LogP contribution in [0.15, 0.2) is 0 Å². The second-order valence-corrected chi connectivity index (χ2v) is 5.48. The van der Waals surface area contributed by atoms with Gasteiger partial charge in [-0.15, -0.1) is 0 Å². The molecule has 1 N–H and O–H groups in total. The van der Waals surface area contributed by atoms with E-state index in [-0.39, 0.29) is 17.8 Å². The molecule has 0 aromatic rings. The molecule has 0 aromatic heterocycles. The monoisotopic (exact) mass is 241 g/mol. The Balaban J connectivity index is 2.51. The Morgan fingerprint density at radius 2 is 2.00 bits per heavy atom. The summed E-state index contributed by atoms with van der Waals surface area (Å²) in [5.41, 5.74) is -0.831. The predicted octanol–water partition coefficient (Wildman–Crippen LogP) is 1.88. The molecular weight excluding hydrogens is 218 g/mol. The number of carbonyl (C=O) groups excluding carboxylic acids is 2. The highest BCUT2D eigenvalue weighted by Crippen LogP contribution is 2.40. The molecule has 0 unspecified atom stereocenters. The van der Waals surface area contributed by atoms with E-state index in [2.05, 4.69) is 19.2 Å². The van der Waals surface area contributed by atoms with E-state index in [0.29, 0.717) is 12.5 Å². The van der Waals surface area contributed by atoms with Gasteiger partial charge in [-0.2, -0.15) is 0 Å². The van der Waals surface area contributed by atoms with Crippen molar-refractivity contribution < 1.29 is 14.3 Å². The van der Waals surface area contributed by atoms with Gasteiger partial charge in [0.05, 0.1) is 6.61 Å². The van der Waals surface area contributed by atoms with Gasteiger partial charge in [-0.1, -0.05) is 13.8 Å². The zero-order valence-corrected chi connectivity index (χ0v) is 11.2. The molecule has 4 nitrogen and oxygen atoms in total. The van der Waals surface area contributed by atoms with E-state index in [1.165, 1.54) is 6.92 Å². The standard InChI is InChI=1S/C13H23NO3/c1-9(2)7-8-17-12(16)13(4,11-5-6-11)14-10(3)15/h9,11H,5-8H2,1-4H3,(H,14,15)/t13-/m1/s1. The van der Waals surface area contributed by atoms with Gasteiger partial charge in [-0.05, 0) is 38.0 Å². The van der Waals surface area contributed by atoms with Crippen molar-refractivity contribution in [2.24, 2.45) is 11.8 Å². The van der Waals surface area contributed by atoms with Crippen molar-refractivity contribution >= 4 is 11.9 Å². The average Bonchev–Trinajstić information content (AvgIpc) is 2.98. The second-order valence-electron chi connectivity index (χ2n) is 5.48. The summed E-state index contributed by atoms with van der Waals surface area (Å²) in [6.45, 7) is 7.80. The van der Waals surface area contributed by atoms with Gasteiger partial charge < -0.3 is 10.1 Å². The molecule has 0 bridgehead atoms. The van der Waals surface area contributed by atoms with Gasteiger partial charge in [-0.25, -0.2) is 4.79 Å². The normalized spacial score (nSPS) is 18.6. The highest BCUT2D eigenvalue weighted by atomic mass is 16.5. The van der Waals surface area contributed by atoms with Gasteiger partial charge in [0.1, 0.15) is 5.54 Å². The minimum absolute atomic E-state index is 0.180. The highest BCUT2D eigenvalue weighted by molar-refractivity contribution is 5.87. The molecule has 4 heteroatoms. The van der Waals surface area contributed by atoms with Crippen LogP contribution in [-0.4, -0.2) is 24.0 Å². The fourth-order valence-electron chi connectivity index (χ4n) is 1.88. The molecule has 0 saturated heterocycles. The van der Waals surface area contributed by atoms with Crippen LogP contribution in [0.5, 0.6) is 0 Å². The summed E-state index contributed by atoms with van der Waals surface area (Å²) in [6.07, 6.45) is 2.82. The minimum atomic E-state index is -0.831. The maximum Gasteiger partial charge on any atom is 0.331 e. The Morgan fingerprint density at radius 3 is 2.41 bits per heavy atom. The van der Waals surface area contributed by atoms with E-state index in [9.17, 15) is 9.59 Å². The second kappa shape index (κ2) is 5.52. The highest BCUT2D eigenvalue weighted by Gasteiger charge is 2.49. The van der Waals surface area contributed by atoms with Gasteiger partial charge >= 0.3 is 5.97 Å². The molecule has 98 valence electrons. The summed E-state index contributed by atoms with van der Waals surface area (Å²) >= 11 is 0. The molecule has 0 radical (unpaired) electrons. The largest absolute Gasteiger partial charge is 0.464 e. The molecule has 1 saturated carbocycles. The van der Waals surface area contributed by atoms with Crippen LogP contribution < -0.4 is 5.32 Å². The summed E-state index contributed by atoms with van der Waals surface area (Å²) in [4.78, 5) is 23.2. The summed E-state index contributed by atoms with van der Waals surface area (Å²) < 4.78 is 5.27. The summed E-state index contributed by atoms with van der Waals surface area (Å²) in [5, 5.41) is 2.74. The molecule has 1 atom stereocenters. The first kappa shape index (κ1) is 14.0. The SMILES string of the molecule is CC(=O)N[C@@](C)(C(=O)OCCC(C)C)C1CC1. The lowest BCUT2D eigenvalue weighted by molar-refractivity contribution is -0.154. The molecular formula is C13H23NO3. The smallest absolute Gasteiger partial charge is 0.331 e. The van der Waals surface area contributed by atoms with E-state index < -0.39 is 5.54 Å². The van der Waals surface area contributed by atoms with Gasteiger partial charge in [0.25, 0.3) is 0 Å². The molecule has 0 spiro atoms. The number of hydrogen-bond donors (Lipinski definition) is 1. The zero-order valence-electron chi connectivity index (χ0n) is 11.2. The maximum atomic E-state index is 12.0. The first-order chi connectivity index (χ1) is 7.86. The molecule has 0 aliphatic heterocycles. The molecule has 1 rings (SSSR count). The van der Waals surface area contributed by atoms with Crippen LogP contribution in [-0.2, 0) is 14.3 Å². The molecule has 1 amide bonds. The summed E-state index contributed by atoms with van der Waals surface area (Å²) in [7, 11) is 0. The van der Waals surface area contributed by atoms with Crippen LogP contribution >= 0.6 is 0 Å². The van der Waals surface area contributed by atoms with Crippen LogP contribution in [0.1, 0.15) is 47.0 Å². The number of hydrogen-bond acceptors (Lipinski definition) is 3. The van der Waals surface area contributed by atoms with Crippen molar-refractivity contribution in [1.82, 2.24) is 5.32 Å². The molecule has 1 aliphatic carbocycles. The van der Waals surface area contributed by atoms with Gasteiger partial charge in [-0.3, -0.25) is 4.79 Å². The lowest BCUT2D eigenvalue weighted by Gasteiger charge is -2.28. The Hall–Kier alpha value is -1.06. The third kappa shape index (κ3) is 4.02. The van der Waals surface area contributed by atoms with Crippen LogP contribution in [0.25, 0.3) is 0 Å². The van der Waals surface area contributed by atoms with Crippen molar-refractivity contribution in [2.75, 3.05) is 6.61 Å². The fourth-order valence-corrected chi connectivity index (χ4v) is 1.88. The number of esters is 1. The first-order valence-electron chi connectivity index (χ1n) is 6.32. The van der Waals surface area contributed by atoms with Crippen LogP contribution in [0.3, 0.4) is 0 Å². The Bertz CT molecular complexity index is 297. The van der Waals surface area contributed by atoms with E-state index in [4.69, 9.17) is 4.74 Å². The number of amides is 1. The van der Waals surface area contributed by atoms with Crippen molar-refractivity contribution in [3.05, 3.63) is 0 Å². The fraction of sp³-hybridized carbons (Fsp3) is 0.846. The summed E-state index contributed by atoms with van der Waals surface area (Å²) in [6, 6.07) is 0. The Labute approximate surface area is 103 Å². The summed E-state index contributed by atoms with van der Waals surface area (Å²) in [5.74, 6) is 0.268. The van der Waals surface area contributed by atoms with E-state index >= 15 is 0 Å². The Morgan fingerprint density at radius 1 is 1.41 bits per heavy atom. The maximum absolute atomic E-state index is 12.0. The molecule has 0 aromatic carbocycles. The van der Waals surface area contributed by atoms with E-state index in [1.54, 1.807) is 6.92 Å². The van der Waals surface area contributed by atoms with Crippen LogP contribution in [0.2, 0.25) is 0 Å². The lowest BCUT2D eigenvalue weighted by atomic mass is 9.96. The lowest BCUT2D eigenvalue weighted by Crippen LogP contribution is -2.54. The van der Waals surface area contributed by atoms with Gasteiger partial charge in [0.2, 0.25) is 5.91 Å². The van der Waals surface area contributed by atoms with Gasteiger partial charge in [0, 0.05) is 6.92 Å². The van der Waals surface area contributed by atoms with Crippen molar-refractivity contribution in [3.8, 4) is 0 Å². The zero-order chi connectivity index (χ0) is 13.1. The van der Waals surface area contributed by atoms with Gasteiger partial charge in [0.15, 0.2) is 0 Å². The number of ether oxygens (including phenoxy) is 1. The molecule has 17 heavy (non-hydrogen) atoms. The van der Waals surface area contributed by atoms with Crippen molar-refractivity contribution in [2.45, 2.75) is 52.5 Å². The Kier molecular flexibility index (Phi) is 4.54. The van der Waals surface area contributed by atoms with E-state index in [0.717, 1.165) is 19.3 Å². The third-order valence-electron chi connectivity index (χ3n) is 3.18. The van der Waals surface area contributed by atoms with Crippen LogP contribution in [0.4, 0.5) is 0 Å². The predicted molar refractivity (Wildman–Crippen MR) is 65.4 cm³/mol. The minimum Gasteiger partial charge on any atom is -0.464 e. The third-order valence-corrected chi connectivity index (χ3v) is 3.18. The van der Waals surface area contributed by atoms with E-state index in [1.807, 2.05) is 0 Å². The number of carbonyl (C=O) groups is 2.